The number of hydrogen-bond donors (Lipinski definition) is 2. The molecule has 0 bridgehead atoms. The first-order chi connectivity index (χ1) is 9.58. The standard InChI is InChI=1S/C14H20Cl2N2O2/c15-5-7-18(8-6-16)13-4-2-1-3-11(13)9-12(17)10-14(19)20/h1-4,12H,5-10,17H2,(H,19,20). The molecule has 0 saturated heterocycles. The van der Waals surface area contributed by atoms with Crippen molar-refractivity contribution in [3.8, 4) is 0 Å². The molecule has 0 aliphatic carbocycles. The second kappa shape index (κ2) is 9.06. The summed E-state index contributed by atoms with van der Waals surface area (Å²) in [6, 6.07) is 7.42. The lowest BCUT2D eigenvalue weighted by Gasteiger charge is -2.26. The molecule has 0 aromatic heterocycles. The molecule has 112 valence electrons. The Hall–Kier alpha value is -0.970. The number of benzene rings is 1. The van der Waals surface area contributed by atoms with Gasteiger partial charge in [-0.25, -0.2) is 0 Å². The first kappa shape index (κ1) is 17.1. The zero-order valence-corrected chi connectivity index (χ0v) is 12.8. The fourth-order valence-electron chi connectivity index (χ4n) is 2.13. The van der Waals surface area contributed by atoms with E-state index >= 15 is 0 Å². The highest BCUT2D eigenvalue weighted by atomic mass is 35.5. The Morgan fingerprint density at radius 3 is 2.40 bits per heavy atom. The van der Waals surface area contributed by atoms with Crippen LogP contribution in [0.1, 0.15) is 12.0 Å². The van der Waals surface area contributed by atoms with Crippen LogP contribution in [0.15, 0.2) is 24.3 Å². The van der Waals surface area contributed by atoms with Crippen LogP contribution in [0.4, 0.5) is 5.69 Å². The largest absolute Gasteiger partial charge is 0.481 e. The van der Waals surface area contributed by atoms with Crippen LogP contribution in [0.25, 0.3) is 0 Å². The third-order valence-electron chi connectivity index (χ3n) is 2.96. The van der Waals surface area contributed by atoms with Gasteiger partial charge in [0.05, 0.1) is 6.42 Å². The van der Waals surface area contributed by atoms with Gasteiger partial charge >= 0.3 is 5.97 Å². The lowest BCUT2D eigenvalue weighted by atomic mass is 10.0. The number of aliphatic carboxylic acids is 1. The van der Waals surface area contributed by atoms with Crippen LogP contribution in [-0.2, 0) is 11.2 Å². The molecule has 0 aliphatic heterocycles. The molecule has 1 atom stereocenters. The van der Waals surface area contributed by atoms with Crippen LogP contribution in [-0.4, -0.2) is 42.0 Å². The summed E-state index contributed by atoms with van der Waals surface area (Å²) in [4.78, 5) is 12.8. The van der Waals surface area contributed by atoms with Gasteiger partial charge in [-0.05, 0) is 18.1 Å². The van der Waals surface area contributed by atoms with E-state index in [2.05, 4.69) is 4.90 Å². The van der Waals surface area contributed by atoms with E-state index in [4.69, 9.17) is 34.0 Å². The number of nitrogens with zero attached hydrogens (tertiary/aromatic N) is 1. The molecular weight excluding hydrogens is 299 g/mol. The van der Waals surface area contributed by atoms with Gasteiger partial charge in [-0.1, -0.05) is 18.2 Å². The minimum Gasteiger partial charge on any atom is -0.481 e. The summed E-state index contributed by atoms with van der Waals surface area (Å²) in [5, 5.41) is 8.78. The van der Waals surface area contributed by atoms with E-state index in [-0.39, 0.29) is 6.42 Å². The fraction of sp³-hybridized carbons (Fsp3) is 0.500. The van der Waals surface area contributed by atoms with E-state index in [9.17, 15) is 4.79 Å². The maximum Gasteiger partial charge on any atom is 0.304 e. The predicted octanol–water partition coefficient (Wildman–Crippen LogP) is 2.32. The summed E-state index contributed by atoms with van der Waals surface area (Å²) in [6.45, 7) is 1.39. The van der Waals surface area contributed by atoms with Crippen molar-refractivity contribution in [3.63, 3.8) is 0 Å². The average Bonchev–Trinajstić information content (AvgIpc) is 2.38. The minimum absolute atomic E-state index is 0.0423. The Balaban J connectivity index is 2.87. The van der Waals surface area contributed by atoms with Crippen LogP contribution in [0.3, 0.4) is 0 Å². The number of anilines is 1. The maximum atomic E-state index is 10.7. The minimum atomic E-state index is -0.881. The first-order valence-electron chi connectivity index (χ1n) is 6.50. The molecule has 1 rings (SSSR count). The highest BCUT2D eigenvalue weighted by molar-refractivity contribution is 6.18. The van der Waals surface area contributed by atoms with Gasteiger partial charge in [0.2, 0.25) is 0 Å². The van der Waals surface area contributed by atoms with Crippen molar-refractivity contribution in [1.29, 1.82) is 0 Å². The highest BCUT2D eigenvalue weighted by Gasteiger charge is 2.14. The molecule has 0 aliphatic rings. The zero-order chi connectivity index (χ0) is 15.0. The zero-order valence-electron chi connectivity index (χ0n) is 11.3. The van der Waals surface area contributed by atoms with Crippen molar-refractivity contribution in [1.82, 2.24) is 0 Å². The third-order valence-corrected chi connectivity index (χ3v) is 3.30. The second-order valence-electron chi connectivity index (χ2n) is 4.56. The van der Waals surface area contributed by atoms with Crippen molar-refractivity contribution < 1.29 is 9.90 Å². The molecule has 0 spiro atoms. The number of nitrogens with two attached hydrogens (primary N) is 1. The number of halogens is 2. The predicted molar refractivity (Wildman–Crippen MR) is 84.0 cm³/mol. The van der Waals surface area contributed by atoms with Gasteiger partial charge in [0.15, 0.2) is 0 Å². The Kier molecular flexibility index (Phi) is 7.73. The van der Waals surface area contributed by atoms with Crippen LogP contribution in [0, 0.1) is 0 Å². The van der Waals surface area contributed by atoms with E-state index in [0.29, 0.717) is 31.3 Å². The monoisotopic (exact) mass is 318 g/mol. The Morgan fingerprint density at radius 1 is 1.25 bits per heavy atom. The molecule has 20 heavy (non-hydrogen) atoms. The van der Waals surface area contributed by atoms with E-state index < -0.39 is 12.0 Å². The molecule has 4 nitrogen and oxygen atoms in total. The number of carbonyl (C=O) groups is 1. The van der Waals surface area contributed by atoms with Gasteiger partial charge in [0, 0.05) is 36.6 Å². The molecule has 6 heteroatoms. The normalized spacial score (nSPS) is 12.2. The molecule has 0 fully saturated rings. The van der Waals surface area contributed by atoms with Crippen LogP contribution in [0.5, 0.6) is 0 Å². The summed E-state index contributed by atoms with van der Waals surface area (Å²) < 4.78 is 0. The van der Waals surface area contributed by atoms with Crippen molar-refractivity contribution in [2.45, 2.75) is 18.9 Å². The smallest absolute Gasteiger partial charge is 0.304 e. The number of carboxylic acid groups (broad SMARTS) is 1. The molecule has 1 aromatic carbocycles. The number of rotatable bonds is 9. The van der Waals surface area contributed by atoms with Gasteiger partial charge in [-0.3, -0.25) is 4.79 Å². The Labute approximate surface area is 129 Å². The van der Waals surface area contributed by atoms with Crippen molar-refractivity contribution in [2.24, 2.45) is 5.73 Å². The lowest BCUT2D eigenvalue weighted by molar-refractivity contribution is -0.137. The molecule has 0 amide bonds. The third kappa shape index (κ3) is 5.57. The SMILES string of the molecule is NC(CC(=O)O)Cc1ccccc1N(CCCl)CCCl. The Morgan fingerprint density at radius 2 is 1.85 bits per heavy atom. The van der Waals surface area contributed by atoms with E-state index in [1.807, 2.05) is 24.3 Å². The molecule has 0 radical (unpaired) electrons. The summed E-state index contributed by atoms with van der Waals surface area (Å²) in [6.07, 6.45) is 0.475. The Bertz CT molecular complexity index is 423. The summed E-state index contributed by atoms with van der Waals surface area (Å²) in [7, 11) is 0. The first-order valence-corrected chi connectivity index (χ1v) is 7.57. The molecule has 0 heterocycles. The van der Waals surface area contributed by atoms with Crippen LogP contribution < -0.4 is 10.6 Å². The second-order valence-corrected chi connectivity index (χ2v) is 5.31. The van der Waals surface area contributed by atoms with Crippen LogP contribution in [0.2, 0.25) is 0 Å². The van der Waals surface area contributed by atoms with Crippen molar-refractivity contribution >= 4 is 34.9 Å². The average molecular weight is 319 g/mol. The molecular formula is C14H20Cl2N2O2. The van der Waals surface area contributed by atoms with Gasteiger partial charge in [-0.2, -0.15) is 0 Å². The van der Waals surface area contributed by atoms with Crippen molar-refractivity contribution in [2.75, 3.05) is 29.7 Å². The number of hydrogen-bond acceptors (Lipinski definition) is 3. The highest BCUT2D eigenvalue weighted by Crippen LogP contribution is 2.22. The summed E-state index contributed by atoms with van der Waals surface area (Å²) >= 11 is 11.6. The van der Waals surface area contributed by atoms with Crippen molar-refractivity contribution in [3.05, 3.63) is 29.8 Å². The molecule has 1 aromatic rings. The lowest BCUT2D eigenvalue weighted by Crippen LogP contribution is -2.31. The number of carboxylic acids is 1. The quantitative estimate of drug-likeness (QED) is 0.686. The molecule has 1 unspecified atom stereocenters. The van der Waals surface area contributed by atoms with E-state index in [0.717, 1.165) is 11.3 Å². The summed E-state index contributed by atoms with van der Waals surface area (Å²) in [5.74, 6) is 0.132. The van der Waals surface area contributed by atoms with Gasteiger partial charge in [0.25, 0.3) is 0 Å². The van der Waals surface area contributed by atoms with Crippen LogP contribution >= 0.6 is 23.2 Å². The van der Waals surface area contributed by atoms with Gasteiger partial charge < -0.3 is 15.7 Å². The number of alkyl halides is 2. The summed E-state index contributed by atoms with van der Waals surface area (Å²) in [5.41, 5.74) is 7.92. The van der Waals surface area contributed by atoms with Gasteiger partial charge in [-0.15, -0.1) is 23.2 Å². The maximum absolute atomic E-state index is 10.7. The molecule has 0 saturated carbocycles. The van der Waals surface area contributed by atoms with Gasteiger partial charge in [0.1, 0.15) is 0 Å². The number of para-hydroxylation sites is 1. The topological polar surface area (TPSA) is 66.6 Å². The van der Waals surface area contributed by atoms with E-state index in [1.54, 1.807) is 0 Å². The molecule has 3 N–H and O–H groups in total. The van der Waals surface area contributed by atoms with E-state index in [1.165, 1.54) is 0 Å². The fourth-order valence-corrected chi connectivity index (χ4v) is 2.54.